The Morgan fingerprint density at radius 1 is 0.614 bits per heavy atom. The van der Waals surface area contributed by atoms with Crippen molar-refractivity contribution in [2.24, 2.45) is 11.3 Å². The zero-order valence-electron chi connectivity index (χ0n) is 42.4. The summed E-state index contributed by atoms with van der Waals surface area (Å²) in [4.78, 5) is 90.0. The lowest BCUT2D eigenvalue weighted by Gasteiger charge is -2.40. The smallest absolute Gasteiger partial charge is 0.246 e. The summed E-state index contributed by atoms with van der Waals surface area (Å²) in [6, 6.07) is 17.9. The van der Waals surface area contributed by atoms with Gasteiger partial charge in [-0.25, -0.2) is 0 Å². The van der Waals surface area contributed by atoms with Gasteiger partial charge in [0.25, 0.3) is 0 Å². The molecule has 0 radical (unpaired) electrons. The van der Waals surface area contributed by atoms with Gasteiger partial charge in [-0.1, -0.05) is 100 Å². The lowest BCUT2D eigenvalue weighted by molar-refractivity contribution is -0.146. The van der Waals surface area contributed by atoms with Gasteiger partial charge in [-0.05, 0) is 136 Å². The van der Waals surface area contributed by atoms with Crippen molar-refractivity contribution < 1.29 is 28.8 Å². The molecule has 1 saturated heterocycles. The largest absolute Gasteiger partial charge is 0.347 e. The minimum absolute atomic E-state index is 0.0579. The van der Waals surface area contributed by atoms with E-state index < -0.39 is 41.7 Å². The van der Waals surface area contributed by atoms with E-state index in [9.17, 15) is 24.0 Å². The molecule has 3 aromatic carbocycles. The Kier molecular flexibility index (Phi) is 15.8. The van der Waals surface area contributed by atoms with Crippen LogP contribution in [0.3, 0.4) is 0 Å². The Morgan fingerprint density at radius 2 is 1.17 bits per heavy atom. The minimum atomic E-state index is -0.905. The first-order valence-corrected chi connectivity index (χ1v) is 26.0. The fourth-order valence-corrected chi connectivity index (χ4v) is 11.7. The van der Waals surface area contributed by atoms with E-state index in [4.69, 9.17) is 0 Å². The number of hydrogen-bond donors (Lipinski definition) is 6. The van der Waals surface area contributed by atoms with Crippen LogP contribution in [0.4, 0.5) is 0 Å². The maximum Gasteiger partial charge on any atom is 0.246 e. The topological polar surface area (TPSA) is 181 Å². The molecular formula is C56H76N8O6. The van der Waals surface area contributed by atoms with Crippen LogP contribution in [0.5, 0.6) is 0 Å². The summed E-state index contributed by atoms with van der Waals surface area (Å²) in [5.74, 6) is -1.88. The molecule has 6 amide bonds. The van der Waals surface area contributed by atoms with E-state index in [0.717, 1.165) is 92.0 Å². The lowest BCUT2D eigenvalue weighted by Crippen LogP contribution is -2.60. The monoisotopic (exact) mass is 957 g/mol. The Hall–Kier alpha value is -5.60. The van der Waals surface area contributed by atoms with Crippen molar-refractivity contribution in [3.63, 3.8) is 0 Å². The molecule has 9 atom stereocenters. The summed E-state index contributed by atoms with van der Waals surface area (Å²) in [6.07, 6.45) is 9.59. The molecule has 0 aromatic heterocycles. The Bertz CT molecular complexity index is 2430. The molecule has 70 heavy (non-hydrogen) atoms. The first-order chi connectivity index (χ1) is 33.6. The van der Waals surface area contributed by atoms with Crippen LogP contribution >= 0.6 is 0 Å². The SMILES string of the molecule is CN[C@@H](C)C(=O)N[C@H](C(=O)N1Cc2cc([C@H]3C[C@@H](C(=O)N[C@@H]4CCCc5ccccc54)N(C(=O)[C@@H](NC(=O)[C@H](C)NC)C(C)(C)C)C3)ccc2C[C@H]1C(=O)N[C@@H]1CCCc2ccccc21)C1CCCC1. The number of likely N-dealkylation sites (tertiary alicyclic amines) is 1. The van der Waals surface area contributed by atoms with E-state index >= 15 is 4.79 Å². The number of nitrogens with zero attached hydrogens (tertiary/aromatic N) is 2. The highest BCUT2D eigenvalue weighted by Crippen LogP contribution is 2.39. The molecule has 2 aliphatic heterocycles. The van der Waals surface area contributed by atoms with E-state index in [1.54, 1.807) is 37.7 Å². The van der Waals surface area contributed by atoms with Crippen LogP contribution in [0.1, 0.15) is 149 Å². The van der Waals surface area contributed by atoms with Gasteiger partial charge in [0, 0.05) is 25.4 Å². The molecule has 0 unspecified atom stereocenters. The third kappa shape index (κ3) is 11.0. The van der Waals surface area contributed by atoms with Gasteiger partial charge in [-0.2, -0.15) is 0 Å². The van der Waals surface area contributed by atoms with Crippen LogP contribution in [-0.4, -0.2) is 102 Å². The predicted octanol–water partition coefficient (Wildman–Crippen LogP) is 5.43. The van der Waals surface area contributed by atoms with Crippen LogP contribution in [-0.2, 0) is 54.6 Å². The molecule has 3 aromatic rings. The van der Waals surface area contributed by atoms with Crippen LogP contribution < -0.4 is 31.9 Å². The van der Waals surface area contributed by atoms with Crippen molar-refractivity contribution in [3.8, 4) is 0 Å². The normalized spacial score (nSPS) is 24.0. The molecule has 0 bridgehead atoms. The summed E-state index contributed by atoms with van der Waals surface area (Å²) in [7, 11) is 3.42. The van der Waals surface area contributed by atoms with Gasteiger partial charge in [0.15, 0.2) is 0 Å². The van der Waals surface area contributed by atoms with Crippen LogP contribution in [0.15, 0.2) is 66.7 Å². The Labute approximate surface area is 414 Å². The van der Waals surface area contributed by atoms with Crippen LogP contribution in [0.2, 0.25) is 0 Å². The molecule has 6 N–H and O–H groups in total. The van der Waals surface area contributed by atoms with Crippen molar-refractivity contribution in [2.45, 2.75) is 172 Å². The number of fused-ring (bicyclic) bond motifs is 3. The number of hydrogen-bond acceptors (Lipinski definition) is 8. The molecular weight excluding hydrogens is 881 g/mol. The van der Waals surface area contributed by atoms with Crippen molar-refractivity contribution in [1.82, 2.24) is 41.7 Å². The summed E-state index contributed by atoms with van der Waals surface area (Å²) in [5, 5.41) is 18.8. The number of carbonyl (C=O) groups excluding carboxylic acids is 6. The van der Waals surface area contributed by atoms with Gasteiger partial charge >= 0.3 is 0 Å². The molecule has 376 valence electrons. The van der Waals surface area contributed by atoms with Gasteiger partial charge in [-0.3, -0.25) is 28.8 Å². The second-order valence-corrected chi connectivity index (χ2v) is 21.8. The van der Waals surface area contributed by atoms with Crippen molar-refractivity contribution in [3.05, 3.63) is 106 Å². The molecule has 0 spiro atoms. The van der Waals surface area contributed by atoms with Crippen molar-refractivity contribution >= 4 is 35.4 Å². The third-order valence-electron chi connectivity index (χ3n) is 16.2. The maximum absolute atomic E-state index is 15.2. The number of benzene rings is 3. The van der Waals surface area contributed by atoms with Crippen LogP contribution in [0.25, 0.3) is 0 Å². The molecule has 14 heteroatoms. The number of nitrogens with one attached hydrogen (secondary N) is 6. The van der Waals surface area contributed by atoms with Crippen molar-refractivity contribution in [1.29, 1.82) is 0 Å². The molecule has 1 saturated carbocycles. The molecule has 3 aliphatic carbocycles. The molecule has 14 nitrogen and oxygen atoms in total. The quantitative estimate of drug-likeness (QED) is 0.124. The maximum atomic E-state index is 15.2. The second kappa shape index (κ2) is 21.8. The van der Waals surface area contributed by atoms with E-state index in [0.29, 0.717) is 12.8 Å². The predicted molar refractivity (Wildman–Crippen MR) is 270 cm³/mol. The van der Waals surface area contributed by atoms with Gasteiger partial charge in [0.2, 0.25) is 35.4 Å². The number of aryl methyl sites for hydroxylation is 2. The first kappa shape index (κ1) is 50.8. The summed E-state index contributed by atoms with van der Waals surface area (Å²) in [6.45, 7) is 9.68. The van der Waals surface area contributed by atoms with Gasteiger partial charge < -0.3 is 41.7 Å². The first-order valence-electron chi connectivity index (χ1n) is 26.0. The average molecular weight is 957 g/mol. The number of rotatable bonds is 14. The Balaban J connectivity index is 1.11. The number of carbonyl (C=O) groups is 6. The molecule has 2 fully saturated rings. The zero-order valence-corrected chi connectivity index (χ0v) is 42.4. The van der Waals surface area contributed by atoms with Crippen molar-refractivity contribution in [2.75, 3.05) is 20.6 Å². The third-order valence-corrected chi connectivity index (χ3v) is 16.2. The number of likely N-dealkylation sites (N-methyl/N-ethyl adjacent to an activating group) is 2. The average Bonchev–Trinajstić information content (AvgIpc) is 4.07. The van der Waals surface area contributed by atoms with E-state index in [1.807, 2.05) is 57.2 Å². The fourth-order valence-electron chi connectivity index (χ4n) is 11.7. The van der Waals surface area contributed by atoms with Crippen LogP contribution in [0, 0.1) is 11.3 Å². The van der Waals surface area contributed by atoms with E-state index in [-0.39, 0.29) is 72.5 Å². The van der Waals surface area contributed by atoms with Gasteiger partial charge in [-0.15, -0.1) is 0 Å². The summed E-state index contributed by atoms with van der Waals surface area (Å²) >= 11 is 0. The number of amides is 6. The van der Waals surface area contributed by atoms with E-state index in [1.165, 1.54) is 11.1 Å². The fraction of sp³-hybridized carbons (Fsp3) is 0.571. The minimum Gasteiger partial charge on any atom is -0.347 e. The van der Waals surface area contributed by atoms with E-state index in [2.05, 4.69) is 62.2 Å². The summed E-state index contributed by atoms with van der Waals surface area (Å²) in [5.41, 5.74) is 6.75. The molecule has 8 rings (SSSR count). The highest BCUT2D eigenvalue weighted by atomic mass is 16.2. The second-order valence-electron chi connectivity index (χ2n) is 21.8. The zero-order chi connectivity index (χ0) is 49.9. The summed E-state index contributed by atoms with van der Waals surface area (Å²) < 4.78 is 0. The lowest BCUT2D eigenvalue weighted by atomic mass is 9.85. The van der Waals surface area contributed by atoms with Gasteiger partial charge in [0.1, 0.15) is 24.2 Å². The molecule has 2 heterocycles. The standard InChI is InChI=1S/C56H76N8O6/c1-33(57-6)50(65)61-48(37-18-8-9-19-37)54(69)63-31-40-28-38(26-27-39(40)29-46(63)52(67)59-44-24-14-20-35-16-10-12-22-42(35)44)41-30-47(53(68)60-45-25-15-21-36-17-11-13-23-43(36)45)64(32-41)55(70)49(56(3,4)5)62-51(66)34(2)58-7/h10-13,16-17,22-23,26-28,33-34,37,41,44-49,57-58H,8-9,14-15,18-21,24-25,29-32H2,1-7H3,(H,59,67)(H,60,68)(H,61,65)(H,62,66)/t33-,34-,41-,44+,45+,46-,47-,48-,49+/m0/s1. The molecule has 5 aliphatic rings. The highest BCUT2D eigenvalue weighted by Gasteiger charge is 2.47. The van der Waals surface area contributed by atoms with Gasteiger partial charge in [0.05, 0.1) is 24.2 Å². The highest BCUT2D eigenvalue weighted by molar-refractivity contribution is 5.95. The Morgan fingerprint density at radius 3 is 1.74 bits per heavy atom.